The van der Waals surface area contributed by atoms with Crippen molar-refractivity contribution >= 4 is 6.29 Å². The van der Waals surface area contributed by atoms with Crippen LogP contribution >= 0.6 is 0 Å². The first-order valence-electron chi connectivity index (χ1n) is 7.53. The van der Waals surface area contributed by atoms with Crippen molar-refractivity contribution in [3.8, 4) is 0 Å². The van der Waals surface area contributed by atoms with Crippen LogP contribution in [0.25, 0.3) is 0 Å². The van der Waals surface area contributed by atoms with Gasteiger partial charge in [0, 0.05) is 32.2 Å². The Bertz CT molecular complexity index is 434. The molecule has 0 spiro atoms. The highest BCUT2D eigenvalue weighted by Crippen LogP contribution is 2.24. The zero-order valence-electron chi connectivity index (χ0n) is 12.9. The second-order valence-electron chi connectivity index (χ2n) is 6.18. The highest BCUT2D eigenvalue weighted by molar-refractivity contribution is 5.68. The summed E-state index contributed by atoms with van der Waals surface area (Å²) in [4.78, 5) is 16.5. The average molecular weight is 274 g/mol. The number of carbonyl (C=O) groups is 1. The number of aldehydes is 1. The lowest BCUT2D eigenvalue weighted by Crippen LogP contribution is -2.54. The number of piperazine rings is 1. The topological polar surface area (TPSA) is 23.6 Å². The molecule has 1 aliphatic rings. The molecule has 3 heteroatoms. The molecular weight excluding hydrogens is 248 g/mol. The van der Waals surface area contributed by atoms with E-state index in [9.17, 15) is 4.79 Å². The van der Waals surface area contributed by atoms with Crippen molar-refractivity contribution in [3.63, 3.8) is 0 Å². The van der Waals surface area contributed by atoms with Crippen LogP contribution in [-0.2, 0) is 10.2 Å². The summed E-state index contributed by atoms with van der Waals surface area (Å²) in [6.45, 7) is 8.29. The molecule has 0 aromatic heterocycles. The molecule has 1 aromatic rings. The fourth-order valence-corrected chi connectivity index (χ4v) is 3.07. The predicted molar refractivity (Wildman–Crippen MR) is 83.0 cm³/mol. The number of hydrogen-bond donors (Lipinski definition) is 0. The van der Waals surface area contributed by atoms with Crippen LogP contribution < -0.4 is 0 Å². The minimum atomic E-state index is -0.407. The van der Waals surface area contributed by atoms with Gasteiger partial charge in [0.15, 0.2) is 0 Å². The molecule has 0 amide bonds. The van der Waals surface area contributed by atoms with Gasteiger partial charge in [0.05, 0.1) is 5.41 Å². The van der Waals surface area contributed by atoms with Gasteiger partial charge in [-0.1, -0.05) is 37.3 Å². The number of rotatable bonds is 5. The van der Waals surface area contributed by atoms with E-state index in [0.29, 0.717) is 6.04 Å². The van der Waals surface area contributed by atoms with Gasteiger partial charge in [0.1, 0.15) is 6.29 Å². The summed E-state index contributed by atoms with van der Waals surface area (Å²) < 4.78 is 0. The van der Waals surface area contributed by atoms with Crippen molar-refractivity contribution in [2.24, 2.45) is 0 Å². The van der Waals surface area contributed by atoms with Gasteiger partial charge in [-0.2, -0.15) is 0 Å². The lowest BCUT2D eigenvalue weighted by molar-refractivity contribution is -0.113. The van der Waals surface area contributed by atoms with Crippen molar-refractivity contribution in [2.45, 2.75) is 31.7 Å². The first-order valence-corrected chi connectivity index (χ1v) is 7.53. The van der Waals surface area contributed by atoms with E-state index in [-0.39, 0.29) is 0 Å². The second kappa shape index (κ2) is 6.51. The molecule has 1 saturated heterocycles. The highest BCUT2D eigenvalue weighted by atomic mass is 16.1. The molecule has 1 aromatic carbocycles. The van der Waals surface area contributed by atoms with Gasteiger partial charge < -0.3 is 9.69 Å². The maximum atomic E-state index is 11.7. The van der Waals surface area contributed by atoms with Crippen molar-refractivity contribution in [2.75, 3.05) is 33.2 Å². The van der Waals surface area contributed by atoms with E-state index in [4.69, 9.17) is 0 Å². The summed E-state index contributed by atoms with van der Waals surface area (Å²) in [7, 11) is 2.20. The SMILES string of the molecule is CCC1CN(CC(C)(C=O)c2ccccc2)CCN1C. The predicted octanol–water partition coefficient (Wildman–Crippen LogP) is 2.17. The third kappa shape index (κ3) is 3.28. The molecule has 0 bridgehead atoms. The fourth-order valence-electron chi connectivity index (χ4n) is 3.07. The van der Waals surface area contributed by atoms with E-state index in [1.165, 1.54) is 0 Å². The van der Waals surface area contributed by atoms with E-state index in [2.05, 4.69) is 42.8 Å². The largest absolute Gasteiger partial charge is 0.302 e. The van der Waals surface area contributed by atoms with Gasteiger partial charge in [0.25, 0.3) is 0 Å². The van der Waals surface area contributed by atoms with Gasteiger partial charge in [-0.15, -0.1) is 0 Å². The van der Waals surface area contributed by atoms with E-state index < -0.39 is 5.41 Å². The van der Waals surface area contributed by atoms with E-state index in [0.717, 1.165) is 44.4 Å². The molecule has 1 fully saturated rings. The Morgan fingerprint density at radius 3 is 2.60 bits per heavy atom. The third-order valence-corrected chi connectivity index (χ3v) is 4.58. The molecule has 0 saturated carbocycles. The smallest absolute Gasteiger partial charge is 0.131 e. The molecule has 2 rings (SSSR count). The normalized spacial score (nSPS) is 24.2. The molecule has 0 aliphatic carbocycles. The third-order valence-electron chi connectivity index (χ3n) is 4.58. The van der Waals surface area contributed by atoms with Crippen LogP contribution in [0.4, 0.5) is 0 Å². The summed E-state index contributed by atoms with van der Waals surface area (Å²) in [5.74, 6) is 0. The summed E-state index contributed by atoms with van der Waals surface area (Å²) in [6.07, 6.45) is 2.28. The molecule has 1 heterocycles. The summed E-state index contributed by atoms with van der Waals surface area (Å²) in [5.41, 5.74) is 0.706. The molecular formula is C17H26N2O. The number of hydrogen-bond acceptors (Lipinski definition) is 3. The van der Waals surface area contributed by atoms with Crippen molar-refractivity contribution in [1.29, 1.82) is 0 Å². The van der Waals surface area contributed by atoms with E-state index in [1.54, 1.807) is 0 Å². The zero-order valence-corrected chi connectivity index (χ0v) is 12.9. The molecule has 3 nitrogen and oxygen atoms in total. The van der Waals surface area contributed by atoms with Crippen LogP contribution in [-0.4, -0.2) is 55.4 Å². The molecule has 0 radical (unpaired) electrons. The van der Waals surface area contributed by atoms with Crippen LogP contribution in [0.2, 0.25) is 0 Å². The van der Waals surface area contributed by atoms with Crippen LogP contribution in [0.5, 0.6) is 0 Å². The second-order valence-corrected chi connectivity index (χ2v) is 6.18. The minimum absolute atomic E-state index is 0.407. The molecule has 0 N–H and O–H groups in total. The first kappa shape index (κ1) is 15.2. The summed E-state index contributed by atoms with van der Waals surface area (Å²) >= 11 is 0. The minimum Gasteiger partial charge on any atom is -0.302 e. The maximum absolute atomic E-state index is 11.7. The summed E-state index contributed by atoms with van der Waals surface area (Å²) in [5, 5.41) is 0. The molecule has 20 heavy (non-hydrogen) atoms. The number of nitrogens with zero attached hydrogens (tertiary/aromatic N) is 2. The van der Waals surface area contributed by atoms with Gasteiger partial charge in [-0.05, 0) is 26.0 Å². The molecule has 110 valence electrons. The number of carbonyl (C=O) groups excluding carboxylic acids is 1. The first-order chi connectivity index (χ1) is 9.59. The van der Waals surface area contributed by atoms with Crippen LogP contribution in [0.3, 0.4) is 0 Å². The van der Waals surface area contributed by atoms with Crippen molar-refractivity contribution < 1.29 is 4.79 Å². The van der Waals surface area contributed by atoms with E-state index >= 15 is 0 Å². The molecule has 2 atom stereocenters. The number of benzene rings is 1. The van der Waals surface area contributed by atoms with Gasteiger partial charge in [-0.3, -0.25) is 4.90 Å². The Morgan fingerprint density at radius 1 is 1.30 bits per heavy atom. The Kier molecular flexibility index (Phi) is 4.95. The van der Waals surface area contributed by atoms with Crippen molar-refractivity contribution in [1.82, 2.24) is 9.80 Å². The van der Waals surface area contributed by atoms with Gasteiger partial charge >= 0.3 is 0 Å². The molecule has 2 unspecified atom stereocenters. The van der Waals surface area contributed by atoms with E-state index in [1.807, 2.05) is 18.2 Å². The Hall–Kier alpha value is -1.19. The number of likely N-dealkylation sites (N-methyl/N-ethyl adjacent to an activating group) is 1. The zero-order chi connectivity index (χ0) is 14.6. The fraction of sp³-hybridized carbons (Fsp3) is 0.588. The quantitative estimate of drug-likeness (QED) is 0.769. The monoisotopic (exact) mass is 274 g/mol. The average Bonchev–Trinajstić information content (AvgIpc) is 2.50. The van der Waals surface area contributed by atoms with Gasteiger partial charge in [-0.25, -0.2) is 0 Å². The standard InChI is InChI=1S/C17H26N2O/c1-4-16-12-19(11-10-18(16)3)13-17(2,14-20)15-8-6-5-7-9-15/h5-9,14,16H,4,10-13H2,1-3H3. The van der Waals surface area contributed by atoms with Crippen LogP contribution in [0.1, 0.15) is 25.8 Å². The Balaban J connectivity index is 2.09. The summed E-state index contributed by atoms with van der Waals surface area (Å²) in [6, 6.07) is 10.7. The Morgan fingerprint density at radius 2 is 2.00 bits per heavy atom. The maximum Gasteiger partial charge on any atom is 0.131 e. The van der Waals surface area contributed by atoms with Gasteiger partial charge in [0.2, 0.25) is 0 Å². The lowest BCUT2D eigenvalue weighted by atomic mass is 9.83. The highest BCUT2D eigenvalue weighted by Gasteiger charge is 2.32. The van der Waals surface area contributed by atoms with Crippen LogP contribution in [0.15, 0.2) is 30.3 Å². The lowest BCUT2D eigenvalue weighted by Gasteiger charge is -2.42. The van der Waals surface area contributed by atoms with Crippen LogP contribution in [0, 0.1) is 0 Å². The van der Waals surface area contributed by atoms with Crippen molar-refractivity contribution in [3.05, 3.63) is 35.9 Å². The molecule has 1 aliphatic heterocycles. The Labute approximate surface area is 122 Å².